The lowest BCUT2D eigenvalue weighted by Gasteiger charge is -2.35. The predicted octanol–water partition coefficient (Wildman–Crippen LogP) is 1.78. The topological polar surface area (TPSA) is 90.8 Å². The summed E-state index contributed by atoms with van der Waals surface area (Å²) in [7, 11) is -3.55. The maximum atomic E-state index is 13.0. The summed E-state index contributed by atoms with van der Waals surface area (Å²) in [4.78, 5) is 17.8. The van der Waals surface area contributed by atoms with Gasteiger partial charge in [0.05, 0.1) is 4.90 Å². The molecule has 1 saturated heterocycles. The second-order valence-corrected chi connectivity index (χ2v) is 8.79. The molecule has 142 valence electrons. The van der Waals surface area contributed by atoms with Crippen LogP contribution in [0.25, 0.3) is 0 Å². The number of carbonyl (C=O) groups is 1. The Hall–Kier alpha value is -2.45. The molecule has 1 aromatic heterocycles. The Morgan fingerprint density at radius 2 is 1.78 bits per heavy atom. The van der Waals surface area contributed by atoms with Crippen LogP contribution >= 0.6 is 0 Å². The molecule has 0 amide bonds. The minimum Gasteiger partial charge on any atom is -0.478 e. The van der Waals surface area contributed by atoms with Gasteiger partial charge in [-0.15, -0.1) is 0 Å². The zero-order valence-corrected chi connectivity index (χ0v) is 15.7. The molecule has 1 aromatic carbocycles. The van der Waals surface area contributed by atoms with Crippen molar-refractivity contribution in [2.75, 3.05) is 31.1 Å². The van der Waals surface area contributed by atoms with Gasteiger partial charge in [0.25, 0.3) is 0 Å². The highest BCUT2D eigenvalue weighted by atomic mass is 32.2. The highest BCUT2D eigenvalue weighted by Gasteiger charge is 2.30. The number of anilines is 1. The van der Waals surface area contributed by atoms with Crippen molar-refractivity contribution >= 4 is 21.8 Å². The molecule has 0 bridgehead atoms. The third-order valence-electron chi connectivity index (χ3n) is 5.26. The van der Waals surface area contributed by atoms with Gasteiger partial charge >= 0.3 is 5.97 Å². The molecular formula is C19H21N3O4S. The maximum Gasteiger partial charge on any atom is 0.339 e. The van der Waals surface area contributed by atoms with Gasteiger partial charge in [-0.25, -0.2) is 18.2 Å². The van der Waals surface area contributed by atoms with E-state index in [1.807, 2.05) is 17.0 Å². The summed E-state index contributed by atoms with van der Waals surface area (Å²) in [6.07, 6.45) is 4.58. The zero-order valence-electron chi connectivity index (χ0n) is 14.8. The van der Waals surface area contributed by atoms with Gasteiger partial charge in [-0.3, -0.25) is 0 Å². The highest BCUT2D eigenvalue weighted by Crippen LogP contribution is 2.27. The van der Waals surface area contributed by atoms with Crippen LogP contribution in [0.1, 0.15) is 27.9 Å². The van der Waals surface area contributed by atoms with Crippen LogP contribution in [0.3, 0.4) is 0 Å². The lowest BCUT2D eigenvalue weighted by Crippen LogP contribution is -2.49. The lowest BCUT2D eigenvalue weighted by molar-refractivity contribution is 0.0697. The number of aryl methyl sites for hydroxylation is 2. The molecule has 0 spiro atoms. The molecule has 0 unspecified atom stereocenters. The molecule has 1 fully saturated rings. The SMILES string of the molecule is O=C(O)c1cccnc1N1CCN(S(=O)(=O)c2ccc3c(c2)CCC3)CC1. The van der Waals surface area contributed by atoms with Gasteiger partial charge in [0.15, 0.2) is 0 Å². The van der Waals surface area contributed by atoms with Crippen LogP contribution in [0.15, 0.2) is 41.4 Å². The monoisotopic (exact) mass is 387 g/mol. The van der Waals surface area contributed by atoms with Gasteiger partial charge in [0.2, 0.25) is 10.0 Å². The number of hydrogen-bond donors (Lipinski definition) is 1. The molecule has 2 aliphatic rings. The Kier molecular flexibility index (Phi) is 4.61. The standard InChI is InChI=1S/C19H21N3O4S/c23-19(24)17-5-2-8-20-18(17)21-9-11-22(12-10-21)27(25,26)16-7-6-14-3-1-4-15(14)13-16/h2,5-8,13H,1,3-4,9-12H2,(H,23,24). The van der Waals surface area contributed by atoms with Crippen molar-refractivity contribution in [2.45, 2.75) is 24.2 Å². The number of hydrogen-bond acceptors (Lipinski definition) is 5. The van der Waals surface area contributed by atoms with Crippen LogP contribution in [0.4, 0.5) is 5.82 Å². The number of carboxylic acids is 1. The lowest BCUT2D eigenvalue weighted by atomic mass is 10.1. The summed E-state index contributed by atoms with van der Waals surface area (Å²) >= 11 is 0. The number of rotatable bonds is 4. The third kappa shape index (κ3) is 3.30. The van der Waals surface area contributed by atoms with Gasteiger partial charge in [-0.2, -0.15) is 4.31 Å². The molecule has 0 radical (unpaired) electrons. The zero-order chi connectivity index (χ0) is 19.0. The van der Waals surface area contributed by atoms with Crippen LogP contribution in [-0.2, 0) is 22.9 Å². The minimum absolute atomic E-state index is 0.132. The summed E-state index contributed by atoms with van der Waals surface area (Å²) in [5.74, 6) is -0.647. The summed E-state index contributed by atoms with van der Waals surface area (Å²) in [5.41, 5.74) is 2.51. The number of pyridine rings is 1. The van der Waals surface area contributed by atoms with Crippen molar-refractivity contribution in [3.05, 3.63) is 53.2 Å². The van der Waals surface area contributed by atoms with Gasteiger partial charge in [-0.1, -0.05) is 6.07 Å². The van der Waals surface area contributed by atoms with Gasteiger partial charge < -0.3 is 10.0 Å². The van der Waals surface area contributed by atoms with Crippen molar-refractivity contribution in [3.63, 3.8) is 0 Å². The first-order valence-electron chi connectivity index (χ1n) is 9.02. The molecule has 1 N–H and O–H groups in total. The van der Waals surface area contributed by atoms with Crippen LogP contribution < -0.4 is 4.90 Å². The van der Waals surface area contributed by atoms with Crippen LogP contribution in [-0.4, -0.2) is 55.0 Å². The van der Waals surface area contributed by atoms with Gasteiger partial charge in [-0.05, 0) is 54.7 Å². The smallest absolute Gasteiger partial charge is 0.339 e. The summed E-state index contributed by atoms with van der Waals surface area (Å²) in [6, 6.07) is 8.54. The summed E-state index contributed by atoms with van der Waals surface area (Å²) in [6.45, 7) is 1.41. The van der Waals surface area contributed by atoms with Gasteiger partial charge in [0, 0.05) is 32.4 Å². The molecule has 1 aliphatic carbocycles. The summed E-state index contributed by atoms with van der Waals surface area (Å²) in [5, 5.41) is 9.33. The van der Waals surface area contributed by atoms with Crippen LogP contribution in [0.5, 0.6) is 0 Å². The number of aromatic carboxylic acids is 1. The van der Waals surface area contributed by atoms with E-state index in [-0.39, 0.29) is 5.56 Å². The minimum atomic E-state index is -3.55. The van der Waals surface area contributed by atoms with E-state index in [1.54, 1.807) is 18.3 Å². The van der Waals surface area contributed by atoms with Crippen molar-refractivity contribution in [1.82, 2.24) is 9.29 Å². The maximum absolute atomic E-state index is 13.0. The second-order valence-electron chi connectivity index (χ2n) is 6.85. The number of aromatic nitrogens is 1. The van der Waals surface area contributed by atoms with Crippen molar-refractivity contribution < 1.29 is 18.3 Å². The van der Waals surface area contributed by atoms with Crippen LogP contribution in [0, 0.1) is 0 Å². The van der Waals surface area contributed by atoms with E-state index in [1.165, 1.54) is 15.9 Å². The normalized spacial score (nSPS) is 17.7. The number of sulfonamides is 1. The quantitative estimate of drug-likeness (QED) is 0.860. The first kappa shape index (κ1) is 17.9. The Balaban J connectivity index is 1.51. The molecule has 0 atom stereocenters. The highest BCUT2D eigenvalue weighted by molar-refractivity contribution is 7.89. The first-order chi connectivity index (χ1) is 13.0. The second kappa shape index (κ2) is 6.94. The fourth-order valence-corrected chi connectivity index (χ4v) is 5.29. The Morgan fingerprint density at radius 1 is 1.04 bits per heavy atom. The Labute approximate surface area is 158 Å². The number of fused-ring (bicyclic) bond motifs is 1. The fourth-order valence-electron chi connectivity index (χ4n) is 3.81. The van der Waals surface area contributed by atoms with E-state index >= 15 is 0 Å². The first-order valence-corrected chi connectivity index (χ1v) is 10.5. The van der Waals surface area contributed by atoms with E-state index in [0.29, 0.717) is 36.9 Å². The third-order valence-corrected chi connectivity index (χ3v) is 7.16. The molecule has 2 heterocycles. The average Bonchev–Trinajstić information content (AvgIpc) is 3.16. The summed E-state index contributed by atoms with van der Waals surface area (Å²) < 4.78 is 27.5. The van der Waals surface area contributed by atoms with Gasteiger partial charge in [0.1, 0.15) is 11.4 Å². The molecule has 8 heteroatoms. The van der Waals surface area contributed by atoms with E-state index < -0.39 is 16.0 Å². The van der Waals surface area contributed by atoms with Crippen molar-refractivity contribution in [1.29, 1.82) is 0 Å². The molecule has 27 heavy (non-hydrogen) atoms. The molecule has 7 nitrogen and oxygen atoms in total. The van der Waals surface area contributed by atoms with Crippen molar-refractivity contribution in [3.8, 4) is 0 Å². The molecule has 1 aliphatic heterocycles. The largest absolute Gasteiger partial charge is 0.478 e. The Bertz CT molecular complexity index is 982. The molecule has 0 saturated carbocycles. The van der Waals surface area contributed by atoms with E-state index in [9.17, 15) is 18.3 Å². The van der Waals surface area contributed by atoms with E-state index in [0.717, 1.165) is 24.8 Å². The predicted molar refractivity (Wildman–Crippen MR) is 101 cm³/mol. The molecular weight excluding hydrogens is 366 g/mol. The van der Waals surface area contributed by atoms with Crippen LogP contribution in [0.2, 0.25) is 0 Å². The number of carboxylic acid groups (broad SMARTS) is 1. The fraction of sp³-hybridized carbons (Fsp3) is 0.368. The number of nitrogens with zero attached hydrogens (tertiary/aromatic N) is 3. The van der Waals surface area contributed by atoms with E-state index in [2.05, 4.69) is 4.98 Å². The van der Waals surface area contributed by atoms with Crippen molar-refractivity contribution in [2.24, 2.45) is 0 Å². The molecule has 4 rings (SSSR count). The average molecular weight is 387 g/mol. The number of piperazine rings is 1. The Morgan fingerprint density at radius 3 is 2.52 bits per heavy atom. The molecule has 2 aromatic rings. The van der Waals surface area contributed by atoms with E-state index in [4.69, 9.17) is 0 Å². The number of benzene rings is 1.